The van der Waals surface area contributed by atoms with Crippen LogP contribution in [0.25, 0.3) is 0 Å². The Bertz CT molecular complexity index is 525. The maximum atomic E-state index is 13.2. The van der Waals surface area contributed by atoms with Crippen LogP contribution in [-0.2, 0) is 0 Å². The molecule has 1 heterocycles. The van der Waals surface area contributed by atoms with Gasteiger partial charge in [0, 0.05) is 6.54 Å². The molecule has 0 bridgehead atoms. The third-order valence-corrected chi connectivity index (χ3v) is 4.24. The summed E-state index contributed by atoms with van der Waals surface area (Å²) in [7, 11) is 0. The molecular formula is C18H27FN2O2. The van der Waals surface area contributed by atoms with Gasteiger partial charge in [0.25, 0.3) is 0 Å². The van der Waals surface area contributed by atoms with Gasteiger partial charge in [-0.3, -0.25) is 0 Å². The normalized spacial score (nSPS) is 19.7. The van der Waals surface area contributed by atoms with Gasteiger partial charge >= 0.3 is 6.03 Å². The molecule has 0 spiro atoms. The van der Waals surface area contributed by atoms with Crippen molar-refractivity contribution in [2.45, 2.75) is 52.1 Å². The summed E-state index contributed by atoms with van der Waals surface area (Å²) in [6.07, 6.45) is 2.51. The van der Waals surface area contributed by atoms with E-state index in [9.17, 15) is 14.3 Å². The van der Waals surface area contributed by atoms with Gasteiger partial charge < -0.3 is 15.3 Å². The Morgan fingerprint density at radius 2 is 2.04 bits per heavy atom. The Kier molecular flexibility index (Phi) is 5.63. The number of likely N-dealkylation sites (tertiary alicyclic amines) is 1. The number of amides is 2. The average molecular weight is 322 g/mol. The lowest BCUT2D eigenvalue weighted by Crippen LogP contribution is -2.45. The Balaban J connectivity index is 2.14. The smallest absolute Gasteiger partial charge is 0.318 e. The number of carbonyl (C=O) groups excluding carboxylic acids is 1. The molecule has 4 nitrogen and oxygen atoms in total. The summed E-state index contributed by atoms with van der Waals surface area (Å²) in [5.74, 6) is -0.283. The fraction of sp³-hybridized carbons (Fsp3) is 0.611. The minimum atomic E-state index is -0.283. The Morgan fingerprint density at radius 3 is 2.61 bits per heavy atom. The second-order valence-corrected chi connectivity index (χ2v) is 7.49. The molecule has 1 unspecified atom stereocenters. The first-order valence-corrected chi connectivity index (χ1v) is 8.23. The van der Waals surface area contributed by atoms with Crippen molar-refractivity contribution in [3.05, 3.63) is 35.6 Å². The first-order chi connectivity index (χ1) is 10.8. The van der Waals surface area contributed by atoms with Gasteiger partial charge in [-0.1, -0.05) is 32.9 Å². The third-order valence-electron chi connectivity index (χ3n) is 4.24. The molecule has 1 aliphatic heterocycles. The number of aliphatic hydroxyl groups excluding tert-OH is 1. The first-order valence-electron chi connectivity index (χ1n) is 8.23. The molecule has 2 atom stereocenters. The van der Waals surface area contributed by atoms with Gasteiger partial charge in [-0.05, 0) is 42.4 Å². The van der Waals surface area contributed by atoms with Crippen LogP contribution in [0.3, 0.4) is 0 Å². The number of urea groups is 1. The van der Waals surface area contributed by atoms with Gasteiger partial charge in [0.05, 0.1) is 18.7 Å². The van der Waals surface area contributed by atoms with Crippen molar-refractivity contribution in [1.82, 2.24) is 10.2 Å². The molecule has 1 fully saturated rings. The Labute approximate surface area is 137 Å². The molecule has 1 aromatic carbocycles. The second kappa shape index (κ2) is 7.30. The largest absolute Gasteiger partial charge is 0.394 e. The van der Waals surface area contributed by atoms with Crippen LogP contribution in [0.5, 0.6) is 0 Å². The van der Waals surface area contributed by atoms with Crippen molar-refractivity contribution in [2.75, 3.05) is 13.2 Å². The Hall–Kier alpha value is -1.62. The van der Waals surface area contributed by atoms with Gasteiger partial charge in [-0.25, -0.2) is 9.18 Å². The van der Waals surface area contributed by atoms with Crippen molar-refractivity contribution in [1.29, 1.82) is 0 Å². The van der Waals surface area contributed by atoms with Crippen molar-refractivity contribution < 1.29 is 14.3 Å². The van der Waals surface area contributed by atoms with Gasteiger partial charge in [0.1, 0.15) is 5.82 Å². The fourth-order valence-electron chi connectivity index (χ4n) is 3.08. The van der Waals surface area contributed by atoms with E-state index in [0.29, 0.717) is 6.54 Å². The third kappa shape index (κ3) is 4.93. The highest BCUT2D eigenvalue weighted by Gasteiger charge is 2.30. The van der Waals surface area contributed by atoms with E-state index < -0.39 is 0 Å². The molecule has 0 aliphatic carbocycles. The molecule has 23 heavy (non-hydrogen) atoms. The number of carbonyl (C=O) groups is 1. The van der Waals surface area contributed by atoms with E-state index in [2.05, 4.69) is 26.1 Å². The van der Waals surface area contributed by atoms with Crippen LogP contribution >= 0.6 is 0 Å². The maximum Gasteiger partial charge on any atom is 0.318 e. The van der Waals surface area contributed by atoms with Crippen LogP contribution in [0.4, 0.5) is 9.18 Å². The quantitative estimate of drug-likeness (QED) is 0.892. The number of nitrogens with one attached hydrogen (secondary N) is 1. The van der Waals surface area contributed by atoms with E-state index in [-0.39, 0.29) is 36.0 Å². The highest BCUT2D eigenvalue weighted by molar-refractivity contribution is 5.75. The van der Waals surface area contributed by atoms with E-state index >= 15 is 0 Å². The average Bonchev–Trinajstić information content (AvgIpc) is 2.94. The summed E-state index contributed by atoms with van der Waals surface area (Å²) in [5, 5.41) is 12.5. The fourth-order valence-corrected chi connectivity index (χ4v) is 3.08. The van der Waals surface area contributed by atoms with E-state index in [0.717, 1.165) is 24.8 Å². The first kappa shape index (κ1) is 17.7. The van der Waals surface area contributed by atoms with Crippen LogP contribution in [0.15, 0.2) is 24.3 Å². The number of hydrogen-bond donors (Lipinski definition) is 2. The lowest BCUT2D eigenvalue weighted by atomic mass is 9.85. The van der Waals surface area contributed by atoms with Crippen LogP contribution in [0.1, 0.15) is 51.6 Å². The predicted octanol–water partition coefficient (Wildman–Crippen LogP) is 3.47. The molecule has 2 rings (SSSR count). The summed E-state index contributed by atoms with van der Waals surface area (Å²) < 4.78 is 13.2. The predicted molar refractivity (Wildman–Crippen MR) is 88.6 cm³/mol. The monoisotopic (exact) mass is 322 g/mol. The summed E-state index contributed by atoms with van der Waals surface area (Å²) in [5.41, 5.74) is 0.919. The molecule has 1 saturated heterocycles. The number of hydrogen-bond acceptors (Lipinski definition) is 2. The topological polar surface area (TPSA) is 52.6 Å². The molecule has 5 heteroatoms. The zero-order valence-electron chi connectivity index (χ0n) is 14.2. The second-order valence-electron chi connectivity index (χ2n) is 7.49. The van der Waals surface area contributed by atoms with E-state index in [1.54, 1.807) is 17.0 Å². The van der Waals surface area contributed by atoms with Crippen molar-refractivity contribution in [3.8, 4) is 0 Å². The SMILES string of the molecule is CC(C)(C)CC(NC(=O)N1CCC[C@H]1CO)c1ccc(F)cc1. The van der Waals surface area contributed by atoms with Gasteiger partial charge in [-0.15, -0.1) is 0 Å². The van der Waals surface area contributed by atoms with Crippen LogP contribution in [0.2, 0.25) is 0 Å². The highest BCUT2D eigenvalue weighted by Crippen LogP contribution is 2.30. The molecular weight excluding hydrogens is 295 g/mol. The maximum absolute atomic E-state index is 13.2. The molecule has 0 aromatic heterocycles. The lowest BCUT2D eigenvalue weighted by molar-refractivity contribution is 0.152. The van der Waals surface area contributed by atoms with E-state index in [1.807, 2.05) is 0 Å². The Morgan fingerprint density at radius 1 is 1.39 bits per heavy atom. The summed E-state index contributed by atoms with van der Waals surface area (Å²) in [6, 6.07) is 5.85. The van der Waals surface area contributed by atoms with Crippen molar-refractivity contribution >= 4 is 6.03 Å². The van der Waals surface area contributed by atoms with E-state index in [4.69, 9.17) is 0 Å². The summed E-state index contributed by atoms with van der Waals surface area (Å²) in [4.78, 5) is 14.3. The van der Waals surface area contributed by atoms with Crippen molar-refractivity contribution in [2.24, 2.45) is 5.41 Å². The van der Waals surface area contributed by atoms with Gasteiger partial charge in [0.15, 0.2) is 0 Å². The van der Waals surface area contributed by atoms with Gasteiger partial charge in [-0.2, -0.15) is 0 Å². The number of aliphatic hydroxyl groups is 1. The molecule has 1 aliphatic rings. The van der Waals surface area contributed by atoms with Crippen LogP contribution < -0.4 is 5.32 Å². The number of halogens is 1. The zero-order chi connectivity index (χ0) is 17.0. The van der Waals surface area contributed by atoms with Crippen molar-refractivity contribution in [3.63, 3.8) is 0 Å². The lowest BCUT2D eigenvalue weighted by Gasteiger charge is -2.30. The molecule has 0 radical (unpaired) electrons. The molecule has 0 saturated carbocycles. The molecule has 1 aromatic rings. The minimum absolute atomic E-state index is 0.00605. The standard InChI is InChI=1S/C18H27FN2O2/c1-18(2,3)11-16(13-6-8-14(19)9-7-13)20-17(23)21-10-4-5-15(21)12-22/h6-9,15-16,22H,4-5,10-12H2,1-3H3,(H,20,23)/t15-,16?/m0/s1. The van der Waals surface area contributed by atoms with Crippen LogP contribution in [-0.4, -0.2) is 35.2 Å². The number of rotatable bonds is 4. The molecule has 128 valence electrons. The van der Waals surface area contributed by atoms with Crippen LogP contribution in [0, 0.1) is 11.2 Å². The molecule has 2 N–H and O–H groups in total. The minimum Gasteiger partial charge on any atom is -0.394 e. The van der Waals surface area contributed by atoms with Gasteiger partial charge in [0.2, 0.25) is 0 Å². The highest BCUT2D eigenvalue weighted by atomic mass is 19.1. The number of benzene rings is 1. The summed E-state index contributed by atoms with van der Waals surface area (Å²) in [6.45, 7) is 7.00. The molecule has 2 amide bonds. The zero-order valence-corrected chi connectivity index (χ0v) is 14.2. The number of nitrogens with zero attached hydrogens (tertiary/aromatic N) is 1. The van der Waals surface area contributed by atoms with E-state index in [1.165, 1.54) is 12.1 Å². The summed E-state index contributed by atoms with van der Waals surface area (Å²) >= 11 is 0.